The molecule has 0 fully saturated rings. The molecule has 8 nitrogen and oxygen atoms in total. The van der Waals surface area contributed by atoms with Crippen LogP contribution in [0.2, 0.25) is 0 Å². The standard InChI is InChI=1S/C25H27FN6O2S/c1-4-14(3)28-23(33)19-10-16(12-32-22(19)30-25(27)31-32)17-11-21(35-13-17)24(34)29-20(5-2)15-6-8-18(26)9-7-15/h6-14,20H,4-5H2,1-3H3,(H2,27,31)(H,28,33)(H,29,34)/t14-,20+/m0/s1. The molecule has 0 bridgehead atoms. The van der Waals surface area contributed by atoms with E-state index in [1.54, 1.807) is 30.5 Å². The first-order valence-electron chi connectivity index (χ1n) is 11.4. The highest BCUT2D eigenvalue weighted by atomic mass is 32.1. The Balaban J connectivity index is 1.61. The third-order valence-corrected chi connectivity index (χ3v) is 6.76. The third kappa shape index (κ3) is 5.32. The summed E-state index contributed by atoms with van der Waals surface area (Å²) in [6, 6.07) is 9.39. The van der Waals surface area contributed by atoms with Crippen LogP contribution in [0.5, 0.6) is 0 Å². The largest absolute Gasteiger partial charge is 0.366 e. The quantitative estimate of drug-likeness (QED) is 0.332. The van der Waals surface area contributed by atoms with Crippen molar-refractivity contribution in [3.63, 3.8) is 0 Å². The molecule has 3 heterocycles. The van der Waals surface area contributed by atoms with Crippen molar-refractivity contribution in [2.45, 2.75) is 45.7 Å². The van der Waals surface area contributed by atoms with Gasteiger partial charge in [0.2, 0.25) is 5.95 Å². The summed E-state index contributed by atoms with van der Waals surface area (Å²) in [4.78, 5) is 30.6. The average Bonchev–Trinajstić information content (AvgIpc) is 3.48. The van der Waals surface area contributed by atoms with Crippen LogP contribution in [0.15, 0.2) is 48.0 Å². The number of rotatable bonds is 8. The highest BCUT2D eigenvalue weighted by molar-refractivity contribution is 7.12. The number of hydrogen-bond acceptors (Lipinski definition) is 6. The maximum absolute atomic E-state index is 13.3. The molecule has 10 heteroatoms. The van der Waals surface area contributed by atoms with E-state index in [-0.39, 0.29) is 35.7 Å². The van der Waals surface area contributed by atoms with Gasteiger partial charge in [0, 0.05) is 17.8 Å². The Bertz CT molecular complexity index is 1360. The minimum absolute atomic E-state index is 0.00413. The maximum atomic E-state index is 13.3. The highest BCUT2D eigenvalue weighted by Crippen LogP contribution is 2.28. The lowest BCUT2D eigenvalue weighted by molar-refractivity contribution is 0.0931. The summed E-state index contributed by atoms with van der Waals surface area (Å²) in [5, 5.41) is 12.0. The van der Waals surface area contributed by atoms with Crippen LogP contribution in [0.4, 0.5) is 10.3 Å². The van der Waals surface area contributed by atoms with Crippen LogP contribution in [0.3, 0.4) is 0 Å². The van der Waals surface area contributed by atoms with Gasteiger partial charge in [-0.05, 0) is 60.5 Å². The monoisotopic (exact) mass is 494 g/mol. The normalized spacial score (nSPS) is 12.9. The first-order chi connectivity index (χ1) is 16.8. The van der Waals surface area contributed by atoms with Crippen LogP contribution >= 0.6 is 11.3 Å². The van der Waals surface area contributed by atoms with Crippen molar-refractivity contribution in [2.24, 2.45) is 0 Å². The zero-order valence-electron chi connectivity index (χ0n) is 19.7. The van der Waals surface area contributed by atoms with E-state index < -0.39 is 0 Å². The number of nitrogens with zero attached hydrogens (tertiary/aromatic N) is 3. The van der Waals surface area contributed by atoms with Gasteiger partial charge in [-0.1, -0.05) is 26.0 Å². The lowest BCUT2D eigenvalue weighted by Crippen LogP contribution is -2.32. The molecule has 0 aliphatic rings. The van der Waals surface area contributed by atoms with E-state index in [0.29, 0.717) is 28.1 Å². The van der Waals surface area contributed by atoms with Crippen LogP contribution in [0.1, 0.15) is 65.2 Å². The van der Waals surface area contributed by atoms with E-state index in [0.717, 1.165) is 17.5 Å². The fourth-order valence-electron chi connectivity index (χ4n) is 3.68. The molecule has 0 saturated heterocycles. The molecule has 0 saturated carbocycles. The van der Waals surface area contributed by atoms with Crippen molar-refractivity contribution in [1.82, 2.24) is 25.2 Å². The molecule has 0 unspecified atom stereocenters. The van der Waals surface area contributed by atoms with Crippen molar-refractivity contribution in [2.75, 3.05) is 5.73 Å². The molecule has 2 atom stereocenters. The summed E-state index contributed by atoms with van der Waals surface area (Å²) in [5.74, 6) is -0.743. The van der Waals surface area contributed by atoms with Crippen molar-refractivity contribution in [3.05, 3.63) is 69.8 Å². The SMILES string of the molecule is CC[C@H](C)NC(=O)c1cc(-c2csc(C(=O)N[C@H](CC)c3ccc(F)cc3)c2)cn2nc(N)nc12. The third-order valence-electron chi connectivity index (χ3n) is 5.83. The van der Waals surface area contributed by atoms with Crippen LogP contribution < -0.4 is 16.4 Å². The molecule has 4 N–H and O–H groups in total. The molecule has 4 rings (SSSR count). The molecule has 0 aliphatic carbocycles. The lowest BCUT2D eigenvalue weighted by Gasteiger charge is -2.17. The predicted molar refractivity (Wildman–Crippen MR) is 135 cm³/mol. The Morgan fingerprint density at radius 1 is 1.09 bits per heavy atom. The Labute approximate surface area is 206 Å². The Hall–Kier alpha value is -3.79. The number of thiophene rings is 1. The van der Waals surface area contributed by atoms with Crippen molar-refractivity contribution >= 4 is 34.7 Å². The molecule has 0 spiro atoms. The smallest absolute Gasteiger partial charge is 0.261 e. The predicted octanol–water partition coefficient (Wildman–Crippen LogP) is 4.59. The van der Waals surface area contributed by atoms with Crippen LogP contribution in [0.25, 0.3) is 16.8 Å². The van der Waals surface area contributed by atoms with Gasteiger partial charge in [-0.25, -0.2) is 8.91 Å². The first-order valence-corrected chi connectivity index (χ1v) is 12.3. The van der Waals surface area contributed by atoms with Gasteiger partial charge in [0.15, 0.2) is 5.65 Å². The van der Waals surface area contributed by atoms with E-state index in [2.05, 4.69) is 20.7 Å². The zero-order chi connectivity index (χ0) is 25.1. The summed E-state index contributed by atoms with van der Waals surface area (Å²) >= 11 is 1.30. The van der Waals surface area contributed by atoms with Crippen molar-refractivity contribution in [1.29, 1.82) is 0 Å². The van der Waals surface area contributed by atoms with Gasteiger partial charge >= 0.3 is 0 Å². The molecule has 182 valence electrons. The Kier molecular flexibility index (Phi) is 7.11. The minimum atomic E-state index is -0.318. The van der Waals surface area contributed by atoms with Gasteiger partial charge in [0.1, 0.15) is 5.82 Å². The number of halogens is 1. The summed E-state index contributed by atoms with van der Waals surface area (Å²) in [6.07, 6.45) is 3.18. The second kappa shape index (κ2) is 10.2. The van der Waals surface area contributed by atoms with E-state index in [1.165, 1.54) is 28.0 Å². The summed E-state index contributed by atoms with van der Waals surface area (Å²) in [7, 11) is 0. The zero-order valence-corrected chi connectivity index (χ0v) is 20.5. The van der Waals surface area contributed by atoms with Gasteiger partial charge in [0.25, 0.3) is 11.8 Å². The minimum Gasteiger partial charge on any atom is -0.366 e. The molecular formula is C25H27FN6O2S. The molecule has 35 heavy (non-hydrogen) atoms. The van der Waals surface area contributed by atoms with Crippen molar-refractivity contribution in [3.8, 4) is 11.1 Å². The second-order valence-corrected chi connectivity index (χ2v) is 9.26. The fourth-order valence-corrected chi connectivity index (χ4v) is 4.50. The first kappa shape index (κ1) is 24.3. The fraction of sp³-hybridized carbons (Fsp3) is 0.280. The number of nitrogens with one attached hydrogen (secondary N) is 2. The number of nitrogens with two attached hydrogens (primary N) is 1. The number of anilines is 1. The van der Waals surface area contributed by atoms with E-state index in [1.807, 2.05) is 26.2 Å². The molecule has 0 radical (unpaired) electrons. The number of hydrogen-bond donors (Lipinski definition) is 3. The molecular weight excluding hydrogens is 467 g/mol. The Morgan fingerprint density at radius 3 is 2.51 bits per heavy atom. The van der Waals surface area contributed by atoms with Crippen LogP contribution in [-0.4, -0.2) is 32.5 Å². The summed E-state index contributed by atoms with van der Waals surface area (Å²) in [5.41, 5.74) is 8.82. The number of amides is 2. The molecule has 1 aromatic carbocycles. The van der Waals surface area contributed by atoms with Gasteiger partial charge in [0.05, 0.1) is 16.5 Å². The summed E-state index contributed by atoms with van der Waals surface area (Å²) in [6.45, 7) is 5.87. The average molecular weight is 495 g/mol. The van der Waals surface area contributed by atoms with Gasteiger partial charge in [-0.3, -0.25) is 9.59 Å². The molecule has 0 aliphatic heterocycles. The summed E-state index contributed by atoms with van der Waals surface area (Å²) < 4.78 is 14.8. The number of benzene rings is 1. The topological polar surface area (TPSA) is 114 Å². The van der Waals surface area contributed by atoms with Crippen LogP contribution in [0, 0.1) is 5.82 Å². The number of nitrogen functional groups attached to an aromatic ring is 1. The highest BCUT2D eigenvalue weighted by Gasteiger charge is 2.20. The molecule has 4 aromatic rings. The number of aromatic nitrogens is 3. The Morgan fingerprint density at radius 2 is 1.83 bits per heavy atom. The maximum Gasteiger partial charge on any atom is 0.261 e. The van der Waals surface area contributed by atoms with E-state index >= 15 is 0 Å². The molecule has 3 aromatic heterocycles. The number of pyridine rings is 1. The second-order valence-electron chi connectivity index (χ2n) is 8.35. The lowest BCUT2D eigenvalue weighted by atomic mass is 10.0. The van der Waals surface area contributed by atoms with Gasteiger partial charge in [-0.2, -0.15) is 4.98 Å². The number of carbonyl (C=O) groups excluding carboxylic acids is 2. The van der Waals surface area contributed by atoms with Crippen LogP contribution in [-0.2, 0) is 0 Å². The van der Waals surface area contributed by atoms with E-state index in [4.69, 9.17) is 5.73 Å². The molecule has 2 amide bonds. The van der Waals surface area contributed by atoms with Crippen molar-refractivity contribution < 1.29 is 14.0 Å². The van der Waals surface area contributed by atoms with Gasteiger partial charge in [-0.15, -0.1) is 16.4 Å². The number of carbonyl (C=O) groups is 2. The van der Waals surface area contributed by atoms with Gasteiger partial charge < -0.3 is 16.4 Å². The number of fused-ring (bicyclic) bond motifs is 1. The van der Waals surface area contributed by atoms with E-state index in [9.17, 15) is 14.0 Å².